The van der Waals surface area contributed by atoms with Crippen molar-refractivity contribution in [3.8, 4) is 23.3 Å². The van der Waals surface area contributed by atoms with Crippen LogP contribution in [0, 0.1) is 18.3 Å². The zero-order valence-corrected chi connectivity index (χ0v) is 23.7. The monoisotopic (exact) mass is 596 g/mol. The maximum Gasteiger partial charge on any atom is 0.379 e. The fourth-order valence-electron chi connectivity index (χ4n) is 4.91. The van der Waals surface area contributed by atoms with Crippen molar-refractivity contribution in [3.05, 3.63) is 134 Å². The number of fused-ring (bicyclic) bond motifs is 2. The van der Waals surface area contributed by atoms with Crippen LogP contribution in [0.1, 0.15) is 38.7 Å². The summed E-state index contributed by atoms with van der Waals surface area (Å²) in [5, 5.41) is 11.9. The summed E-state index contributed by atoms with van der Waals surface area (Å²) in [5.74, 6) is 0.0654. The molecule has 5 aromatic rings. The Morgan fingerprint density at radius 2 is 1.76 bits per heavy atom. The molecule has 0 amide bonds. The number of hydrogen-bond acceptors (Lipinski definition) is 7. The molecule has 1 unspecified atom stereocenters. The minimum absolute atomic E-state index is 0.0315. The van der Waals surface area contributed by atoms with Crippen LogP contribution in [-0.4, -0.2) is 5.97 Å². The van der Waals surface area contributed by atoms with Gasteiger partial charge in [0, 0.05) is 32.6 Å². The molecule has 0 saturated carbocycles. The lowest BCUT2D eigenvalue weighted by atomic mass is 9.83. The third kappa shape index (κ3) is 5.26. The smallest absolute Gasteiger partial charge is 0.379 e. The average molecular weight is 597 g/mol. The molecule has 208 valence electrons. The number of carbonyl (C=O) groups is 1. The summed E-state index contributed by atoms with van der Waals surface area (Å²) in [6.45, 7) is 2.11. The van der Waals surface area contributed by atoms with Gasteiger partial charge in [-0.1, -0.05) is 53.5 Å². The van der Waals surface area contributed by atoms with Gasteiger partial charge in [-0.05, 0) is 66.6 Å². The van der Waals surface area contributed by atoms with Gasteiger partial charge >= 0.3 is 5.97 Å². The highest BCUT2D eigenvalue weighted by Gasteiger charge is 2.31. The number of carbonyl (C=O) groups excluding carboxylic acids is 1. The number of esters is 1. The average Bonchev–Trinajstić information content (AvgIpc) is 3.31. The number of benzene rings is 4. The van der Waals surface area contributed by atoms with E-state index in [1.54, 1.807) is 43.3 Å². The fraction of sp³-hybridized carbons (Fsp3) is 0.0909. The summed E-state index contributed by atoms with van der Waals surface area (Å²) in [7, 11) is 0. The Labute approximate surface area is 251 Å². The van der Waals surface area contributed by atoms with Gasteiger partial charge in [0.05, 0.1) is 5.92 Å². The number of rotatable bonds is 6. The largest absolute Gasteiger partial charge is 0.489 e. The Bertz CT molecular complexity index is 1920. The van der Waals surface area contributed by atoms with Gasteiger partial charge < -0.3 is 24.4 Å². The minimum atomic E-state index is -0.668. The molecule has 2 N–H and O–H groups in total. The molecule has 0 radical (unpaired) electrons. The van der Waals surface area contributed by atoms with Crippen molar-refractivity contribution in [1.29, 1.82) is 5.26 Å². The minimum Gasteiger partial charge on any atom is -0.489 e. The van der Waals surface area contributed by atoms with Gasteiger partial charge in [-0.15, -0.1) is 0 Å². The van der Waals surface area contributed by atoms with Crippen LogP contribution in [0.4, 0.5) is 0 Å². The van der Waals surface area contributed by atoms with Crippen LogP contribution in [0.3, 0.4) is 0 Å². The highest BCUT2D eigenvalue weighted by atomic mass is 35.5. The summed E-state index contributed by atoms with van der Waals surface area (Å²) in [6.07, 6.45) is 0. The molecule has 0 aliphatic carbocycles. The van der Waals surface area contributed by atoms with Crippen LogP contribution in [0.25, 0.3) is 11.0 Å². The van der Waals surface area contributed by atoms with E-state index in [-0.39, 0.29) is 23.0 Å². The lowest BCUT2D eigenvalue weighted by Gasteiger charge is -2.27. The number of ether oxygens (including phenoxy) is 3. The molecule has 9 heteroatoms. The molecule has 0 saturated heterocycles. The number of aryl methyl sites for hydroxylation is 1. The maximum absolute atomic E-state index is 13.0. The SMILES string of the molecule is Cc1c(C(=O)Oc2ccc3c(c2)OC(N)=C(C#N)C3c2cccc(OCc3ccc(Cl)cc3)c2)oc2ccc(Cl)cc12. The van der Waals surface area contributed by atoms with Gasteiger partial charge in [0.1, 0.15) is 41.1 Å². The third-order valence-electron chi connectivity index (χ3n) is 6.99. The fourth-order valence-corrected chi connectivity index (χ4v) is 5.21. The second-order valence-corrected chi connectivity index (χ2v) is 10.6. The first-order valence-electron chi connectivity index (χ1n) is 12.9. The van der Waals surface area contributed by atoms with Crippen molar-refractivity contribution in [1.82, 2.24) is 0 Å². The first-order valence-corrected chi connectivity index (χ1v) is 13.7. The number of nitrogens with zero attached hydrogens (tertiary/aromatic N) is 1. The molecule has 7 nitrogen and oxygen atoms in total. The van der Waals surface area contributed by atoms with E-state index in [0.29, 0.717) is 44.9 Å². The van der Waals surface area contributed by atoms with Crippen LogP contribution in [0.15, 0.2) is 101 Å². The molecule has 4 aromatic carbocycles. The summed E-state index contributed by atoms with van der Waals surface area (Å²) in [4.78, 5) is 13.0. The molecule has 0 fully saturated rings. The first kappa shape index (κ1) is 27.3. The molecular weight excluding hydrogens is 575 g/mol. The second kappa shape index (κ2) is 11.2. The number of allylic oxidation sites excluding steroid dienone is 1. The highest BCUT2D eigenvalue weighted by Crippen LogP contribution is 2.44. The Morgan fingerprint density at radius 1 is 0.976 bits per heavy atom. The quantitative estimate of drug-likeness (QED) is 0.156. The van der Waals surface area contributed by atoms with Crippen molar-refractivity contribution in [3.63, 3.8) is 0 Å². The van der Waals surface area contributed by atoms with Crippen molar-refractivity contribution in [2.45, 2.75) is 19.4 Å². The normalized spacial score (nSPS) is 14.2. The summed E-state index contributed by atoms with van der Waals surface area (Å²) < 4.78 is 23.2. The van der Waals surface area contributed by atoms with Gasteiger partial charge in [0.2, 0.25) is 11.6 Å². The van der Waals surface area contributed by atoms with Gasteiger partial charge in [0.25, 0.3) is 0 Å². The van der Waals surface area contributed by atoms with Crippen molar-refractivity contribution < 1.29 is 23.4 Å². The van der Waals surface area contributed by atoms with Crippen LogP contribution >= 0.6 is 23.2 Å². The highest BCUT2D eigenvalue weighted by molar-refractivity contribution is 6.31. The lowest BCUT2D eigenvalue weighted by molar-refractivity contribution is 0.0702. The Morgan fingerprint density at radius 3 is 2.55 bits per heavy atom. The van der Waals surface area contributed by atoms with Crippen LogP contribution in [0.5, 0.6) is 17.2 Å². The van der Waals surface area contributed by atoms with Gasteiger partial charge in [-0.3, -0.25) is 0 Å². The number of hydrogen-bond donors (Lipinski definition) is 1. The van der Waals surface area contributed by atoms with E-state index in [1.807, 2.05) is 48.5 Å². The van der Waals surface area contributed by atoms with Crippen molar-refractivity contribution in [2.24, 2.45) is 5.73 Å². The summed E-state index contributed by atoms with van der Waals surface area (Å²) in [6, 6.07) is 27.1. The first-order chi connectivity index (χ1) is 20.3. The standard InChI is InChI=1S/C33H22Cl2N2O5/c1-18-26-14-22(35)9-12-28(26)41-31(18)33(38)40-24-10-11-25-29(15-24)42-32(37)27(16-36)30(25)20-3-2-4-23(13-20)39-17-19-5-7-21(34)8-6-19/h2-15,30H,17,37H2,1H3. The van der Waals surface area contributed by atoms with Gasteiger partial charge in [-0.2, -0.15) is 5.26 Å². The number of furan rings is 1. The van der Waals surface area contributed by atoms with E-state index in [0.717, 1.165) is 16.5 Å². The lowest BCUT2D eigenvalue weighted by Crippen LogP contribution is -2.21. The summed E-state index contributed by atoms with van der Waals surface area (Å²) in [5.41, 5.74) is 10.0. The van der Waals surface area contributed by atoms with Crippen LogP contribution < -0.4 is 19.9 Å². The van der Waals surface area contributed by atoms with E-state index in [1.165, 1.54) is 0 Å². The number of nitrogens with two attached hydrogens (primary N) is 1. The molecule has 1 atom stereocenters. The van der Waals surface area contributed by atoms with Gasteiger partial charge in [0.15, 0.2) is 0 Å². The number of halogens is 2. The zero-order valence-electron chi connectivity index (χ0n) is 22.2. The molecule has 6 rings (SSSR count). The Hall–Kier alpha value is -4.90. The molecule has 1 aliphatic heterocycles. The molecule has 0 spiro atoms. The third-order valence-corrected chi connectivity index (χ3v) is 7.48. The van der Waals surface area contributed by atoms with Crippen LogP contribution in [-0.2, 0) is 6.61 Å². The van der Waals surface area contributed by atoms with Crippen LogP contribution in [0.2, 0.25) is 10.0 Å². The number of nitriles is 1. The van der Waals surface area contributed by atoms with E-state index in [9.17, 15) is 10.1 Å². The Kier molecular flexibility index (Phi) is 7.26. The molecule has 1 aliphatic rings. The molecule has 2 heterocycles. The van der Waals surface area contributed by atoms with Crippen molar-refractivity contribution >= 4 is 40.1 Å². The Balaban J connectivity index is 1.27. The van der Waals surface area contributed by atoms with E-state index in [2.05, 4.69) is 6.07 Å². The molecule has 1 aromatic heterocycles. The molecule has 42 heavy (non-hydrogen) atoms. The zero-order chi connectivity index (χ0) is 29.4. The van der Waals surface area contributed by atoms with E-state index < -0.39 is 11.9 Å². The van der Waals surface area contributed by atoms with E-state index in [4.69, 9.17) is 47.6 Å². The second-order valence-electron chi connectivity index (χ2n) is 9.70. The van der Waals surface area contributed by atoms with Crippen molar-refractivity contribution in [2.75, 3.05) is 0 Å². The van der Waals surface area contributed by atoms with E-state index >= 15 is 0 Å². The molecule has 0 bridgehead atoms. The predicted molar refractivity (Wildman–Crippen MR) is 159 cm³/mol. The predicted octanol–water partition coefficient (Wildman–Crippen LogP) is 8.06. The molecular formula is C33H22Cl2N2O5. The van der Waals surface area contributed by atoms with Gasteiger partial charge in [-0.25, -0.2) is 4.79 Å². The summed E-state index contributed by atoms with van der Waals surface area (Å²) >= 11 is 12.1. The maximum atomic E-state index is 13.0. The topological polar surface area (TPSA) is 108 Å².